The molecule has 1 aromatic carbocycles. The van der Waals surface area contributed by atoms with Gasteiger partial charge in [0.05, 0.1) is 0 Å². The summed E-state index contributed by atoms with van der Waals surface area (Å²) in [4.78, 5) is 14.2. The minimum absolute atomic E-state index is 0. The maximum atomic E-state index is 12.4. The smallest absolute Gasteiger partial charge is 0.225 e. The van der Waals surface area contributed by atoms with E-state index in [9.17, 15) is 4.79 Å². The van der Waals surface area contributed by atoms with Gasteiger partial charge in [0.25, 0.3) is 0 Å². The summed E-state index contributed by atoms with van der Waals surface area (Å²) in [5, 5.41) is 1.18. The second-order valence-corrected chi connectivity index (χ2v) is 6.47. The van der Waals surface area contributed by atoms with Crippen LogP contribution in [0, 0.1) is 5.92 Å². The van der Waals surface area contributed by atoms with Crippen LogP contribution in [0.3, 0.4) is 0 Å². The van der Waals surface area contributed by atoms with Gasteiger partial charge in [0.15, 0.2) is 0 Å². The lowest BCUT2D eigenvalue weighted by Gasteiger charge is -2.29. The van der Waals surface area contributed by atoms with E-state index in [0.29, 0.717) is 16.6 Å². The van der Waals surface area contributed by atoms with Crippen molar-refractivity contribution in [3.8, 4) is 0 Å². The fraction of sp³-hybridized carbons (Fsp3) is 0.533. The molecule has 2 N–H and O–H groups in total. The molecule has 118 valence electrons. The van der Waals surface area contributed by atoms with Crippen molar-refractivity contribution >= 4 is 41.5 Å². The molecule has 0 radical (unpaired) electrons. The summed E-state index contributed by atoms with van der Waals surface area (Å²) in [5.74, 6) is 0.217. The van der Waals surface area contributed by atoms with Crippen molar-refractivity contribution in [2.24, 2.45) is 11.7 Å². The molecule has 3 nitrogen and oxygen atoms in total. The van der Waals surface area contributed by atoms with Crippen molar-refractivity contribution in [1.29, 1.82) is 0 Å². The lowest BCUT2D eigenvalue weighted by molar-refractivity contribution is -0.135. The van der Waals surface area contributed by atoms with Crippen LogP contribution in [0.2, 0.25) is 10.0 Å². The number of rotatable bonds is 3. The molecule has 1 saturated carbocycles. The Labute approximate surface area is 142 Å². The zero-order valence-electron chi connectivity index (χ0n) is 12.0. The Kier molecular flexibility index (Phi) is 7.28. The van der Waals surface area contributed by atoms with Crippen molar-refractivity contribution in [2.75, 3.05) is 7.05 Å². The monoisotopic (exact) mass is 350 g/mol. The number of halogens is 3. The molecule has 1 fully saturated rings. The number of nitrogens with zero attached hydrogens (tertiary/aromatic N) is 1. The highest BCUT2D eigenvalue weighted by molar-refractivity contribution is 6.34. The molecule has 2 rings (SSSR count). The number of nitrogens with two attached hydrogens (primary N) is 1. The molecular weight excluding hydrogens is 331 g/mol. The maximum Gasteiger partial charge on any atom is 0.225 e. The number of hydrogen-bond acceptors (Lipinski definition) is 2. The molecule has 6 heteroatoms. The lowest BCUT2D eigenvalue weighted by atomic mass is 9.85. The number of hydrogen-bond donors (Lipinski definition) is 1. The summed E-state index contributed by atoms with van der Waals surface area (Å²) in [6.45, 7) is 0.519. The molecule has 0 heterocycles. The number of carbonyl (C=O) groups is 1. The summed E-state index contributed by atoms with van der Waals surface area (Å²) >= 11 is 12.0. The quantitative estimate of drug-likeness (QED) is 0.898. The fourth-order valence-corrected chi connectivity index (χ4v) is 3.39. The van der Waals surface area contributed by atoms with Crippen LogP contribution in [0.4, 0.5) is 0 Å². The Morgan fingerprint density at radius 3 is 2.48 bits per heavy atom. The van der Waals surface area contributed by atoms with Gasteiger partial charge in [-0.1, -0.05) is 29.6 Å². The van der Waals surface area contributed by atoms with Crippen LogP contribution in [0.5, 0.6) is 0 Å². The van der Waals surface area contributed by atoms with E-state index in [1.807, 2.05) is 19.2 Å². The standard InChI is InChI=1S/C15H20Cl2N2O.ClH/c1-19(9-10-5-12(16)8-13(17)6-10)15(20)11-3-2-4-14(18)7-11;/h5-6,8,11,14H,2-4,7,9,18H2,1H3;1H. The van der Waals surface area contributed by atoms with Gasteiger partial charge in [0.2, 0.25) is 5.91 Å². The third kappa shape index (κ3) is 5.33. The second-order valence-electron chi connectivity index (χ2n) is 5.60. The predicted octanol–water partition coefficient (Wildman–Crippen LogP) is 3.89. The van der Waals surface area contributed by atoms with E-state index < -0.39 is 0 Å². The summed E-state index contributed by atoms with van der Waals surface area (Å²) < 4.78 is 0. The van der Waals surface area contributed by atoms with Gasteiger partial charge in [-0.05, 0) is 43.0 Å². The number of carbonyl (C=O) groups excluding carboxylic acids is 1. The van der Waals surface area contributed by atoms with E-state index in [1.165, 1.54) is 0 Å². The van der Waals surface area contributed by atoms with Crippen LogP contribution in [0.15, 0.2) is 18.2 Å². The van der Waals surface area contributed by atoms with Crippen molar-refractivity contribution < 1.29 is 4.79 Å². The SMILES string of the molecule is CN(Cc1cc(Cl)cc(Cl)c1)C(=O)C1CCCC(N)C1.Cl. The molecule has 0 aliphatic heterocycles. The first kappa shape index (κ1) is 18.6. The van der Waals surface area contributed by atoms with Crippen LogP contribution in [0.25, 0.3) is 0 Å². The van der Waals surface area contributed by atoms with Gasteiger partial charge in [-0.25, -0.2) is 0 Å². The van der Waals surface area contributed by atoms with Gasteiger partial charge in [-0.15, -0.1) is 12.4 Å². The molecule has 21 heavy (non-hydrogen) atoms. The highest BCUT2D eigenvalue weighted by atomic mass is 35.5. The number of amides is 1. The zero-order chi connectivity index (χ0) is 14.7. The molecule has 1 aromatic rings. The topological polar surface area (TPSA) is 46.3 Å². The van der Waals surface area contributed by atoms with Crippen LogP contribution >= 0.6 is 35.6 Å². The average Bonchev–Trinajstić information content (AvgIpc) is 2.36. The first-order chi connectivity index (χ1) is 9.45. The first-order valence-corrected chi connectivity index (χ1v) is 7.67. The van der Waals surface area contributed by atoms with E-state index in [-0.39, 0.29) is 30.3 Å². The Hall–Kier alpha value is -0.480. The molecule has 2 unspecified atom stereocenters. The van der Waals surface area contributed by atoms with Gasteiger partial charge < -0.3 is 10.6 Å². The average molecular weight is 352 g/mol. The zero-order valence-corrected chi connectivity index (χ0v) is 14.3. The molecule has 1 amide bonds. The molecule has 1 aliphatic rings. The minimum Gasteiger partial charge on any atom is -0.341 e. The Morgan fingerprint density at radius 1 is 1.29 bits per heavy atom. The summed E-state index contributed by atoms with van der Waals surface area (Å²) in [7, 11) is 1.82. The maximum absolute atomic E-state index is 12.4. The fourth-order valence-electron chi connectivity index (χ4n) is 2.82. The lowest BCUT2D eigenvalue weighted by Crippen LogP contribution is -2.38. The van der Waals surface area contributed by atoms with Crippen molar-refractivity contribution in [3.05, 3.63) is 33.8 Å². The summed E-state index contributed by atoms with van der Waals surface area (Å²) in [5.41, 5.74) is 6.89. The van der Waals surface area contributed by atoms with E-state index in [2.05, 4.69) is 0 Å². The van der Waals surface area contributed by atoms with Gasteiger partial charge >= 0.3 is 0 Å². The third-order valence-electron chi connectivity index (χ3n) is 3.78. The van der Waals surface area contributed by atoms with Crippen LogP contribution < -0.4 is 5.73 Å². The molecule has 0 saturated heterocycles. The summed E-state index contributed by atoms with van der Waals surface area (Å²) in [6.07, 6.45) is 3.79. The van der Waals surface area contributed by atoms with Crippen LogP contribution in [-0.2, 0) is 11.3 Å². The highest BCUT2D eigenvalue weighted by Crippen LogP contribution is 2.26. The summed E-state index contributed by atoms with van der Waals surface area (Å²) in [6, 6.07) is 5.52. The largest absolute Gasteiger partial charge is 0.341 e. The van der Waals surface area contributed by atoms with E-state index in [0.717, 1.165) is 31.2 Å². The number of benzene rings is 1. The van der Waals surface area contributed by atoms with Crippen LogP contribution in [0.1, 0.15) is 31.2 Å². The normalized spacial score (nSPS) is 21.5. The highest BCUT2D eigenvalue weighted by Gasteiger charge is 2.27. The molecule has 1 aliphatic carbocycles. The minimum atomic E-state index is 0. The van der Waals surface area contributed by atoms with Gasteiger partial charge in [0.1, 0.15) is 0 Å². The Morgan fingerprint density at radius 2 is 1.90 bits per heavy atom. The third-order valence-corrected chi connectivity index (χ3v) is 4.22. The molecule has 0 bridgehead atoms. The molecule has 0 spiro atoms. The Bertz CT molecular complexity index is 476. The van der Waals surface area contributed by atoms with Crippen molar-refractivity contribution in [1.82, 2.24) is 4.90 Å². The van der Waals surface area contributed by atoms with Gasteiger partial charge in [0, 0.05) is 35.6 Å². The molecule has 2 atom stereocenters. The van der Waals surface area contributed by atoms with E-state index in [1.54, 1.807) is 11.0 Å². The van der Waals surface area contributed by atoms with Crippen molar-refractivity contribution in [2.45, 2.75) is 38.3 Å². The molecule has 0 aromatic heterocycles. The van der Waals surface area contributed by atoms with Crippen LogP contribution in [-0.4, -0.2) is 23.9 Å². The van der Waals surface area contributed by atoms with Gasteiger partial charge in [-0.2, -0.15) is 0 Å². The first-order valence-electron chi connectivity index (χ1n) is 6.91. The Balaban J connectivity index is 0.00000220. The van der Waals surface area contributed by atoms with Gasteiger partial charge in [-0.3, -0.25) is 4.79 Å². The predicted molar refractivity (Wildman–Crippen MR) is 90.1 cm³/mol. The van der Waals surface area contributed by atoms with Crippen molar-refractivity contribution in [3.63, 3.8) is 0 Å². The second kappa shape index (κ2) is 8.23. The van der Waals surface area contributed by atoms with E-state index >= 15 is 0 Å². The van der Waals surface area contributed by atoms with E-state index in [4.69, 9.17) is 28.9 Å². The molecular formula is C15H21Cl3N2O.